The average molecular weight is 466 g/mol. The molecule has 1 aliphatic heterocycles. The maximum atomic E-state index is 14.1. The molecule has 3 aromatic rings. The summed E-state index contributed by atoms with van der Waals surface area (Å²) in [5, 5.41) is 2.48. The number of carbonyl (C=O) groups is 2. The van der Waals surface area contributed by atoms with Crippen molar-refractivity contribution in [3.63, 3.8) is 0 Å². The third-order valence-electron chi connectivity index (χ3n) is 5.68. The number of methoxy groups -OCH3 is 1. The molecule has 0 aliphatic carbocycles. The van der Waals surface area contributed by atoms with Gasteiger partial charge < -0.3 is 19.7 Å². The van der Waals surface area contributed by atoms with E-state index in [4.69, 9.17) is 9.47 Å². The number of hydrogen-bond acceptors (Lipinski definition) is 4. The number of anilines is 1. The first-order valence-corrected chi connectivity index (χ1v) is 10.9. The van der Waals surface area contributed by atoms with Gasteiger partial charge in [0, 0.05) is 18.2 Å². The lowest BCUT2D eigenvalue weighted by Gasteiger charge is -2.28. The number of halogens is 2. The molecule has 1 aliphatic rings. The number of nitrogens with one attached hydrogen (secondary N) is 1. The first kappa shape index (κ1) is 23.2. The third-order valence-corrected chi connectivity index (χ3v) is 5.68. The largest absolute Gasteiger partial charge is 0.493 e. The maximum absolute atomic E-state index is 14.1. The Kier molecular flexibility index (Phi) is 6.77. The normalized spacial score (nSPS) is 13.4. The predicted molar refractivity (Wildman–Crippen MR) is 123 cm³/mol. The van der Waals surface area contributed by atoms with Gasteiger partial charge in [0.25, 0.3) is 5.91 Å². The molecular weight excluding hydrogens is 442 g/mol. The molecule has 34 heavy (non-hydrogen) atoms. The molecule has 0 radical (unpaired) electrons. The average Bonchev–Trinajstić information content (AvgIpc) is 3.16. The topological polar surface area (TPSA) is 67.9 Å². The lowest BCUT2D eigenvalue weighted by molar-refractivity contribution is -0.117. The standard InChI is InChI=1S/C26H24F2N2O4/c1-3-34-23-11-8-16(12-24(23)33-2)22(30-15-17-6-4-5-7-19(17)26(30)32)14-25(31)29-21-10-9-18(27)13-20(21)28/h4-13,22H,3,14-15H2,1-2H3,(H,29,31)/t22-/m0/s1. The van der Waals surface area contributed by atoms with E-state index in [2.05, 4.69) is 5.32 Å². The third kappa shape index (κ3) is 4.71. The summed E-state index contributed by atoms with van der Waals surface area (Å²) in [7, 11) is 1.51. The van der Waals surface area contributed by atoms with Crippen LogP contribution in [0.5, 0.6) is 11.5 Å². The van der Waals surface area contributed by atoms with Crippen LogP contribution in [0, 0.1) is 11.6 Å². The van der Waals surface area contributed by atoms with Crippen molar-refractivity contribution < 1.29 is 27.8 Å². The zero-order valence-corrected chi connectivity index (χ0v) is 18.8. The smallest absolute Gasteiger partial charge is 0.255 e. The van der Waals surface area contributed by atoms with Crippen LogP contribution >= 0.6 is 0 Å². The van der Waals surface area contributed by atoms with Gasteiger partial charge in [-0.1, -0.05) is 24.3 Å². The van der Waals surface area contributed by atoms with Crippen LogP contribution in [0.2, 0.25) is 0 Å². The van der Waals surface area contributed by atoms with Crippen molar-refractivity contribution in [3.05, 3.63) is 89.0 Å². The number of carbonyl (C=O) groups excluding carboxylic acids is 2. The van der Waals surface area contributed by atoms with Crippen LogP contribution < -0.4 is 14.8 Å². The molecule has 0 aromatic heterocycles. The van der Waals surface area contributed by atoms with Gasteiger partial charge in [-0.05, 0) is 48.4 Å². The van der Waals surface area contributed by atoms with Gasteiger partial charge in [-0.3, -0.25) is 9.59 Å². The summed E-state index contributed by atoms with van der Waals surface area (Å²) in [5.74, 6) is -1.33. The number of rotatable bonds is 8. The Morgan fingerprint density at radius 2 is 1.88 bits per heavy atom. The molecule has 0 saturated carbocycles. The van der Waals surface area contributed by atoms with E-state index in [-0.39, 0.29) is 18.0 Å². The predicted octanol–water partition coefficient (Wildman–Crippen LogP) is 5.10. The summed E-state index contributed by atoms with van der Waals surface area (Å²) in [4.78, 5) is 27.7. The van der Waals surface area contributed by atoms with Crippen LogP contribution in [0.25, 0.3) is 0 Å². The van der Waals surface area contributed by atoms with E-state index in [1.54, 1.807) is 35.2 Å². The summed E-state index contributed by atoms with van der Waals surface area (Å²) in [6.45, 7) is 2.63. The highest BCUT2D eigenvalue weighted by atomic mass is 19.1. The Bertz CT molecular complexity index is 1230. The van der Waals surface area contributed by atoms with Crippen LogP contribution in [0.1, 0.15) is 40.9 Å². The van der Waals surface area contributed by atoms with E-state index >= 15 is 0 Å². The first-order valence-electron chi connectivity index (χ1n) is 10.9. The maximum Gasteiger partial charge on any atom is 0.255 e. The van der Waals surface area contributed by atoms with Crippen molar-refractivity contribution in [1.29, 1.82) is 0 Å². The molecule has 0 unspecified atom stereocenters. The summed E-state index contributed by atoms with van der Waals surface area (Å²) in [6.07, 6.45) is -0.145. The highest BCUT2D eigenvalue weighted by Crippen LogP contribution is 2.37. The molecule has 2 amide bonds. The molecule has 0 saturated heterocycles. The lowest BCUT2D eigenvalue weighted by Crippen LogP contribution is -2.32. The van der Waals surface area contributed by atoms with Gasteiger partial charge in [0.05, 0.1) is 31.9 Å². The van der Waals surface area contributed by atoms with Gasteiger partial charge >= 0.3 is 0 Å². The number of hydrogen-bond donors (Lipinski definition) is 1. The Balaban J connectivity index is 1.66. The van der Waals surface area contributed by atoms with Gasteiger partial charge in [-0.25, -0.2) is 8.78 Å². The molecule has 1 N–H and O–H groups in total. The Morgan fingerprint density at radius 3 is 2.59 bits per heavy atom. The SMILES string of the molecule is CCOc1ccc([C@H](CC(=O)Nc2ccc(F)cc2F)N2Cc3ccccc3C2=O)cc1OC. The van der Waals surface area contributed by atoms with Crippen LogP contribution in [0.4, 0.5) is 14.5 Å². The number of fused-ring (bicyclic) bond motifs is 1. The van der Waals surface area contributed by atoms with Crippen molar-refractivity contribution >= 4 is 17.5 Å². The Labute approximate surface area is 196 Å². The summed E-state index contributed by atoms with van der Waals surface area (Å²) >= 11 is 0. The highest BCUT2D eigenvalue weighted by molar-refractivity contribution is 5.99. The molecule has 1 atom stereocenters. The minimum atomic E-state index is -0.878. The van der Waals surface area contributed by atoms with Crippen LogP contribution in [0.3, 0.4) is 0 Å². The monoisotopic (exact) mass is 466 g/mol. The number of ether oxygens (including phenoxy) is 2. The molecule has 1 heterocycles. The van der Waals surface area contributed by atoms with Crippen LogP contribution in [0.15, 0.2) is 60.7 Å². The zero-order chi connectivity index (χ0) is 24.2. The second kappa shape index (κ2) is 9.91. The Morgan fingerprint density at radius 1 is 1.09 bits per heavy atom. The number of benzene rings is 3. The quantitative estimate of drug-likeness (QED) is 0.502. The number of amides is 2. The van der Waals surface area contributed by atoms with Gasteiger partial charge in [0.15, 0.2) is 11.5 Å². The van der Waals surface area contributed by atoms with E-state index in [9.17, 15) is 18.4 Å². The van der Waals surface area contributed by atoms with E-state index in [0.717, 1.165) is 17.7 Å². The lowest BCUT2D eigenvalue weighted by atomic mass is 10.0. The van der Waals surface area contributed by atoms with Crippen molar-refractivity contribution in [3.8, 4) is 11.5 Å². The fourth-order valence-electron chi connectivity index (χ4n) is 4.07. The van der Waals surface area contributed by atoms with Crippen molar-refractivity contribution in [2.75, 3.05) is 19.0 Å². The molecule has 4 rings (SSSR count). The molecular formula is C26H24F2N2O4. The van der Waals surface area contributed by atoms with Crippen molar-refractivity contribution in [2.45, 2.75) is 25.9 Å². The van der Waals surface area contributed by atoms with Gasteiger partial charge in [-0.15, -0.1) is 0 Å². The summed E-state index contributed by atoms with van der Waals surface area (Å²) in [5.41, 5.74) is 1.97. The summed E-state index contributed by atoms with van der Waals surface area (Å²) in [6, 6.07) is 14.8. The minimum Gasteiger partial charge on any atom is -0.493 e. The molecule has 8 heteroatoms. The van der Waals surface area contributed by atoms with Gasteiger partial charge in [0.1, 0.15) is 11.6 Å². The molecule has 3 aromatic carbocycles. The Hall–Kier alpha value is -3.94. The molecule has 6 nitrogen and oxygen atoms in total. The number of nitrogens with zero attached hydrogens (tertiary/aromatic N) is 1. The minimum absolute atomic E-state index is 0.134. The van der Waals surface area contributed by atoms with Crippen molar-refractivity contribution in [2.24, 2.45) is 0 Å². The second-order valence-electron chi connectivity index (χ2n) is 7.83. The zero-order valence-electron chi connectivity index (χ0n) is 18.8. The fourth-order valence-corrected chi connectivity index (χ4v) is 4.07. The second-order valence-corrected chi connectivity index (χ2v) is 7.83. The van der Waals surface area contributed by atoms with Crippen LogP contribution in [-0.4, -0.2) is 30.4 Å². The molecule has 0 bridgehead atoms. The van der Waals surface area contributed by atoms with E-state index in [0.29, 0.717) is 41.8 Å². The van der Waals surface area contributed by atoms with Gasteiger partial charge in [-0.2, -0.15) is 0 Å². The van der Waals surface area contributed by atoms with E-state index in [1.165, 1.54) is 7.11 Å². The summed E-state index contributed by atoms with van der Waals surface area (Å²) < 4.78 is 38.4. The van der Waals surface area contributed by atoms with E-state index < -0.39 is 23.6 Å². The molecule has 0 spiro atoms. The van der Waals surface area contributed by atoms with E-state index in [1.807, 2.05) is 19.1 Å². The molecule has 0 fully saturated rings. The molecule has 176 valence electrons. The van der Waals surface area contributed by atoms with Crippen LogP contribution in [-0.2, 0) is 11.3 Å². The highest BCUT2D eigenvalue weighted by Gasteiger charge is 2.35. The fraction of sp³-hybridized carbons (Fsp3) is 0.231. The first-order chi connectivity index (χ1) is 16.4. The van der Waals surface area contributed by atoms with Gasteiger partial charge in [0.2, 0.25) is 5.91 Å². The van der Waals surface area contributed by atoms with Crippen molar-refractivity contribution in [1.82, 2.24) is 4.90 Å².